The maximum Gasteiger partial charge on any atom is 0.295 e. The minimum absolute atomic E-state index is 0.0536. The number of carbonyl (C=O) groups excluding carboxylic acids is 1. The van der Waals surface area contributed by atoms with E-state index in [4.69, 9.17) is 16.3 Å². The first-order valence-electron chi connectivity index (χ1n) is 7.67. The quantitative estimate of drug-likeness (QED) is 0.626. The van der Waals surface area contributed by atoms with Crippen LogP contribution in [0.4, 0.5) is 5.69 Å². The van der Waals surface area contributed by atoms with Crippen LogP contribution in [0.2, 0.25) is 5.02 Å². The average molecular weight is 358 g/mol. The number of nitrogens with zero attached hydrogens (tertiary/aromatic N) is 2. The van der Waals surface area contributed by atoms with Crippen molar-refractivity contribution in [3.8, 4) is 11.6 Å². The van der Waals surface area contributed by atoms with E-state index in [1.165, 1.54) is 0 Å². The number of hydrogen-bond donors (Lipinski definition) is 2. The molecule has 0 bridgehead atoms. The highest BCUT2D eigenvalue weighted by Crippen LogP contribution is 2.36. The van der Waals surface area contributed by atoms with Gasteiger partial charge in [0.2, 0.25) is 5.88 Å². The van der Waals surface area contributed by atoms with Crippen LogP contribution in [0.5, 0.6) is 11.6 Å². The third-order valence-corrected chi connectivity index (χ3v) is 3.66. The first-order chi connectivity index (χ1) is 11.9. The lowest BCUT2D eigenvalue weighted by atomic mass is 10.2. The van der Waals surface area contributed by atoms with Gasteiger partial charge in [-0.05, 0) is 56.3 Å². The molecular weight excluding hydrogens is 342 g/mol. The van der Waals surface area contributed by atoms with Crippen molar-refractivity contribution in [2.75, 3.05) is 0 Å². The highest BCUT2D eigenvalue weighted by molar-refractivity contribution is 6.31. The molecule has 7 heteroatoms. The molecule has 0 aliphatic heterocycles. The molecule has 0 saturated heterocycles. The fraction of sp³-hybridized carbons (Fsp3) is 0.167. The van der Waals surface area contributed by atoms with E-state index < -0.39 is 5.91 Å². The number of aromatic hydroxyl groups is 1. The number of ether oxygens (including phenoxy) is 1. The predicted octanol–water partition coefficient (Wildman–Crippen LogP) is 5.24. The standard InChI is InChI=1S/C18H16ClN3O3/c1-10(2)25-13-6-3-11(4-7-13)17(23)22-21-16-14-9-12(19)5-8-15(14)20-18(16)24/h3-10,20,24H,1-2H3. The van der Waals surface area contributed by atoms with Gasteiger partial charge in [0.1, 0.15) is 5.75 Å². The van der Waals surface area contributed by atoms with Crippen molar-refractivity contribution in [2.45, 2.75) is 20.0 Å². The fourth-order valence-electron chi connectivity index (χ4n) is 2.34. The van der Waals surface area contributed by atoms with Crippen molar-refractivity contribution >= 4 is 34.1 Å². The maximum atomic E-state index is 12.2. The van der Waals surface area contributed by atoms with E-state index in [2.05, 4.69) is 15.2 Å². The molecule has 2 aromatic carbocycles. The summed E-state index contributed by atoms with van der Waals surface area (Å²) in [6.45, 7) is 3.85. The molecule has 128 valence electrons. The molecule has 0 aliphatic rings. The van der Waals surface area contributed by atoms with Crippen molar-refractivity contribution in [3.05, 3.63) is 53.1 Å². The third kappa shape index (κ3) is 3.80. The number of hydrogen-bond acceptors (Lipinski definition) is 4. The van der Waals surface area contributed by atoms with E-state index in [9.17, 15) is 9.90 Å². The number of azo groups is 1. The number of aromatic amines is 1. The van der Waals surface area contributed by atoms with Crippen LogP contribution >= 0.6 is 11.6 Å². The van der Waals surface area contributed by atoms with Gasteiger partial charge < -0.3 is 14.8 Å². The lowest BCUT2D eigenvalue weighted by Gasteiger charge is -2.09. The second-order valence-corrected chi connectivity index (χ2v) is 6.14. The van der Waals surface area contributed by atoms with E-state index in [1.807, 2.05) is 13.8 Å². The smallest absolute Gasteiger partial charge is 0.295 e. The van der Waals surface area contributed by atoms with Gasteiger partial charge in [0.25, 0.3) is 5.91 Å². The summed E-state index contributed by atoms with van der Waals surface area (Å²) in [6.07, 6.45) is 0.0536. The summed E-state index contributed by atoms with van der Waals surface area (Å²) in [6, 6.07) is 11.7. The van der Waals surface area contributed by atoms with Crippen LogP contribution in [-0.4, -0.2) is 22.1 Å². The molecule has 1 amide bonds. The van der Waals surface area contributed by atoms with E-state index >= 15 is 0 Å². The number of aromatic nitrogens is 1. The van der Waals surface area contributed by atoms with Gasteiger partial charge in [0.15, 0.2) is 5.69 Å². The molecule has 1 heterocycles. The minimum Gasteiger partial charge on any atom is -0.493 e. The number of amides is 1. The second kappa shape index (κ2) is 6.94. The Hall–Kier alpha value is -2.86. The summed E-state index contributed by atoms with van der Waals surface area (Å²) in [5.41, 5.74) is 1.20. The molecule has 3 rings (SSSR count). The highest BCUT2D eigenvalue weighted by Gasteiger charge is 2.12. The van der Waals surface area contributed by atoms with Crippen LogP contribution in [-0.2, 0) is 0 Å². The molecule has 0 spiro atoms. The van der Waals surface area contributed by atoms with Crippen molar-refractivity contribution in [3.63, 3.8) is 0 Å². The first-order valence-corrected chi connectivity index (χ1v) is 8.05. The van der Waals surface area contributed by atoms with Gasteiger partial charge in [-0.15, -0.1) is 10.2 Å². The topological polar surface area (TPSA) is 87.0 Å². The Morgan fingerprint density at radius 1 is 1.20 bits per heavy atom. The van der Waals surface area contributed by atoms with Crippen molar-refractivity contribution < 1.29 is 14.6 Å². The van der Waals surface area contributed by atoms with Gasteiger partial charge in [-0.25, -0.2) is 0 Å². The Morgan fingerprint density at radius 3 is 2.60 bits per heavy atom. The molecular formula is C18H16ClN3O3. The Bertz CT molecular complexity index is 946. The zero-order valence-electron chi connectivity index (χ0n) is 13.7. The van der Waals surface area contributed by atoms with Gasteiger partial charge in [-0.1, -0.05) is 11.6 Å². The fourth-order valence-corrected chi connectivity index (χ4v) is 2.51. The molecule has 3 aromatic rings. The number of halogens is 1. The van der Waals surface area contributed by atoms with Crippen molar-refractivity contribution in [1.29, 1.82) is 0 Å². The normalized spacial score (nSPS) is 11.5. The molecule has 25 heavy (non-hydrogen) atoms. The molecule has 0 aliphatic carbocycles. The average Bonchev–Trinajstić information content (AvgIpc) is 2.87. The SMILES string of the molecule is CC(C)Oc1ccc(C(=O)N=Nc2c(O)[nH]c3ccc(Cl)cc23)cc1. The van der Waals surface area contributed by atoms with Gasteiger partial charge in [-0.3, -0.25) is 4.79 Å². The summed E-state index contributed by atoms with van der Waals surface area (Å²) >= 11 is 5.96. The summed E-state index contributed by atoms with van der Waals surface area (Å²) in [4.78, 5) is 14.9. The van der Waals surface area contributed by atoms with Crippen molar-refractivity contribution in [2.24, 2.45) is 10.2 Å². The van der Waals surface area contributed by atoms with E-state index in [0.29, 0.717) is 27.2 Å². The Morgan fingerprint density at radius 2 is 1.92 bits per heavy atom. The minimum atomic E-state index is -0.521. The van der Waals surface area contributed by atoms with Crippen LogP contribution < -0.4 is 4.74 Å². The molecule has 0 unspecified atom stereocenters. The Kier molecular flexibility index (Phi) is 4.72. The van der Waals surface area contributed by atoms with Crippen LogP contribution in [0.1, 0.15) is 24.2 Å². The third-order valence-electron chi connectivity index (χ3n) is 3.43. The molecule has 0 atom stereocenters. The number of carbonyl (C=O) groups is 1. The molecule has 0 fully saturated rings. The van der Waals surface area contributed by atoms with Crippen molar-refractivity contribution in [1.82, 2.24) is 4.98 Å². The second-order valence-electron chi connectivity index (χ2n) is 5.71. The van der Waals surface area contributed by atoms with Crippen LogP contribution in [0, 0.1) is 0 Å². The molecule has 0 saturated carbocycles. The number of nitrogens with one attached hydrogen (secondary N) is 1. The number of H-pyrrole nitrogens is 1. The molecule has 6 nitrogen and oxygen atoms in total. The van der Waals surface area contributed by atoms with Gasteiger partial charge >= 0.3 is 0 Å². The summed E-state index contributed by atoms with van der Waals surface area (Å²) in [5.74, 6) is -0.0197. The lowest BCUT2D eigenvalue weighted by molar-refractivity contribution is 0.0995. The molecule has 2 N–H and O–H groups in total. The summed E-state index contributed by atoms with van der Waals surface area (Å²) < 4.78 is 5.53. The van der Waals surface area contributed by atoms with Crippen LogP contribution in [0.3, 0.4) is 0 Å². The largest absolute Gasteiger partial charge is 0.493 e. The zero-order valence-corrected chi connectivity index (χ0v) is 14.4. The van der Waals surface area contributed by atoms with E-state index in [-0.39, 0.29) is 17.7 Å². The zero-order chi connectivity index (χ0) is 18.0. The predicted molar refractivity (Wildman–Crippen MR) is 96.0 cm³/mol. The van der Waals surface area contributed by atoms with Crippen LogP contribution in [0.15, 0.2) is 52.7 Å². The van der Waals surface area contributed by atoms with Gasteiger partial charge in [-0.2, -0.15) is 0 Å². The summed E-state index contributed by atoms with van der Waals surface area (Å²) in [7, 11) is 0. The van der Waals surface area contributed by atoms with Gasteiger partial charge in [0.05, 0.1) is 11.6 Å². The van der Waals surface area contributed by atoms with Gasteiger partial charge in [0, 0.05) is 16.0 Å². The monoisotopic (exact) mass is 357 g/mol. The first kappa shape index (κ1) is 17.0. The summed E-state index contributed by atoms with van der Waals surface area (Å²) in [5, 5.41) is 18.6. The number of fused-ring (bicyclic) bond motifs is 1. The van der Waals surface area contributed by atoms with E-state index in [0.717, 1.165) is 0 Å². The van der Waals surface area contributed by atoms with E-state index in [1.54, 1.807) is 42.5 Å². The Labute approximate surface area is 149 Å². The maximum absolute atomic E-state index is 12.2. The molecule has 1 aromatic heterocycles. The highest BCUT2D eigenvalue weighted by atomic mass is 35.5. The lowest BCUT2D eigenvalue weighted by Crippen LogP contribution is -2.05. The Balaban J connectivity index is 1.83. The van der Waals surface area contributed by atoms with Crippen LogP contribution in [0.25, 0.3) is 10.9 Å². The number of rotatable bonds is 4. The molecule has 0 radical (unpaired) electrons. The number of benzene rings is 2.